The first-order chi connectivity index (χ1) is 28.6. The Morgan fingerprint density at radius 1 is 0.949 bits per heavy atom. The van der Waals surface area contributed by atoms with Crippen LogP contribution < -0.4 is 16.8 Å². The first-order valence-corrected chi connectivity index (χ1v) is 24.0. The predicted octanol–water partition coefficient (Wildman–Crippen LogP) is 6.53. The van der Waals surface area contributed by atoms with Crippen LogP contribution in [0.25, 0.3) is 0 Å². The zero-order valence-corrected chi connectivity index (χ0v) is 36.9. The van der Waals surface area contributed by atoms with Gasteiger partial charge < -0.3 is 51.0 Å². The molecule has 5 aliphatic heterocycles. The fourth-order valence-electron chi connectivity index (χ4n) is 10.4. The Morgan fingerprint density at radius 2 is 1.63 bits per heavy atom. The number of nitrogens with zero attached hydrogens (tertiary/aromatic N) is 3. The molecule has 0 aromatic carbocycles. The third-order valence-electron chi connectivity index (χ3n) is 13.5. The van der Waals surface area contributed by atoms with Crippen molar-refractivity contribution in [1.82, 2.24) is 15.1 Å². The quantitative estimate of drug-likeness (QED) is 0.0363. The zero-order valence-electron chi connectivity index (χ0n) is 36.9. The Balaban J connectivity index is 0.946. The van der Waals surface area contributed by atoms with Gasteiger partial charge in [-0.1, -0.05) is 96.1 Å². The second-order valence-corrected chi connectivity index (χ2v) is 18.4. The van der Waals surface area contributed by atoms with Crippen molar-refractivity contribution in [2.24, 2.45) is 22.4 Å². The molecular formula is C46H82N6O7. The van der Waals surface area contributed by atoms with Gasteiger partial charge in [0.1, 0.15) is 5.72 Å². The largest absolute Gasteiger partial charge is 0.465 e. The number of hydrogen-bond acceptors (Lipinski definition) is 12. The maximum atomic E-state index is 14.1. The van der Waals surface area contributed by atoms with E-state index in [1.165, 1.54) is 51.4 Å². The van der Waals surface area contributed by atoms with E-state index < -0.39 is 35.2 Å². The molecule has 1 amide bonds. The summed E-state index contributed by atoms with van der Waals surface area (Å²) in [5.74, 6) is -0.579. The maximum absolute atomic E-state index is 14.1. The van der Waals surface area contributed by atoms with E-state index >= 15 is 0 Å². The predicted molar refractivity (Wildman–Crippen MR) is 232 cm³/mol. The Bertz CT molecular complexity index is 1350. The van der Waals surface area contributed by atoms with Crippen molar-refractivity contribution in [3.05, 3.63) is 12.2 Å². The molecule has 0 saturated carbocycles. The van der Waals surface area contributed by atoms with Crippen LogP contribution in [0.2, 0.25) is 0 Å². The molecule has 59 heavy (non-hydrogen) atoms. The van der Waals surface area contributed by atoms with Crippen molar-refractivity contribution in [2.45, 2.75) is 222 Å². The lowest BCUT2D eigenvalue weighted by molar-refractivity contribution is -0.243. The number of aliphatic imine (C=N–C) groups is 1. The van der Waals surface area contributed by atoms with Crippen LogP contribution in [0.4, 0.5) is 0 Å². The molecular weight excluding hydrogens is 749 g/mol. The summed E-state index contributed by atoms with van der Waals surface area (Å²) in [5.41, 5.74) is 8.03. The third kappa shape index (κ3) is 13.1. The van der Waals surface area contributed by atoms with Gasteiger partial charge in [0.2, 0.25) is 11.9 Å². The number of nitrogens with one attached hydrogen (secondary N) is 1. The molecule has 8 atom stereocenters. The highest BCUT2D eigenvalue weighted by Gasteiger charge is 2.69. The Kier molecular flexibility index (Phi) is 19.3. The number of hydrogen-bond donors (Lipinski definition) is 5. The number of ether oxygens (including phenoxy) is 3. The Hall–Kier alpha value is -2.29. The van der Waals surface area contributed by atoms with Crippen molar-refractivity contribution >= 4 is 17.8 Å². The molecule has 2 spiro atoms. The molecule has 3 saturated heterocycles. The minimum absolute atomic E-state index is 0.0167. The number of allylic oxidation sites excluding steroid dienone is 1. The number of esters is 1. The van der Waals surface area contributed by atoms with Gasteiger partial charge in [-0.25, -0.2) is 4.99 Å². The molecule has 13 heteroatoms. The molecule has 0 aromatic rings. The lowest BCUT2D eigenvalue weighted by atomic mass is 9.78. The molecule has 5 aliphatic rings. The van der Waals surface area contributed by atoms with Gasteiger partial charge in [0.25, 0.3) is 0 Å². The van der Waals surface area contributed by atoms with Crippen molar-refractivity contribution < 1.29 is 34.0 Å². The number of guanidine groups is 1. The summed E-state index contributed by atoms with van der Waals surface area (Å²) in [6.07, 6.45) is 28.5. The van der Waals surface area contributed by atoms with Gasteiger partial charge in [0.05, 0.1) is 24.9 Å². The minimum atomic E-state index is -1.43. The van der Waals surface area contributed by atoms with Crippen LogP contribution in [-0.4, -0.2) is 112 Å². The van der Waals surface area contributed by atoms with Gasteiger partial charge in [-0.15, -0.1) is 0 Å². The second kappa shape index (κ2) is 23.8. The van der Waals surface area contributed by atoms with E-state index in [-0.39, 0.29) is 24.2 Å². The van der Waals surface area contributed by atoms with Gasteiger partial charge in [-0.05, 0) is 97.1 Å². The van der Waals surface area contributed by atoms with Gasteiger partial charge in [-0.3, -0.25) is 9.59 Å². The Labute approximate surface area is 355 Å². The highest BCUT2D eigenvalue weighted by atomic mass is 16.6. The van der Waals surface area contributed by atoms with Crippen LogP contribution >= 0.6 is 0 Å². The first kappa shape index (κ1) is 47.8. The van der Waals surface area contributed by atoms with E-state index in [4.69, 9.17) is 30.7 Å². The fraction of sp³-hybridized carbons (Fsp3) is 0.891. The number of amides is 1. The number of rotatable bonds is 26. The summed E-state index contributed by atoms with van der Waals surface area (Å²) < 4.78 is 19.4. The molecule has 7 N–H and O–H groups in total. The Morgan fingerprint density at radius 3 is 2.27 bits per heavy atom. The van der Waals surface area contributed by atoms with Crippen LogP contribution in [0.3, 0.4) is 0 Å². The van der Waals surface area contributed by atoms with E-state index in [0.717, 1.165) is 89.9 Å². The van der Waals surface area contributed by atoms with E-state index in [9.17, 15) is 19.8 Å². The van der Waals surface area contributed by atoms with Crippen molar-refractivity contribution in [3.63, 3.8) is 0 Å². The monoisotopic (exact) mass is 831 g/mol. The maximum Gasteiger partial charge on any atom is 0.318 e. The summed E-state index contributed by atoms with van der Waals surface area (Å²) in [5, 5.41) is 26.3. The zero-order chi connectivity index (χ0) is 42.1. The topological polar surface area (TPSA) is 185 Å². The summed E-state index contributed by atoms with van der Waals surface area (Å²) >= 11 is 0. The normalized spacial score (nSPS) is 30.5. The van der Waals surface area contributed by atoms with Crippen LogP contribution in [0.5, 0.6) is 0 Å². The van der Waals surface area contributed by atoms with Gasteiger partial charge >= 0.3 is 5.97 Å². The van der Waals surface area contributed by atoms with Crippen LogP contribution in [0, 0.1) is 5.92 Å². The summed E-state index contributed by atoms with van der Waals surface area (Å²) in [6.45, 7) is 6.43. The SMILES string of the molecule is CC[C@@H]1C=CCC[C@]2(C[C@H]3CC[C@@]4(O)[C@@H](C(=O)OCCCCCCCCCCCCCCCCC(=O)N(CCCN)CC(O)CCN)[C@@]5(CCC[C@H](C)O5)N=C(N2)N34)O1. The standard InChI is InChI=1S/C46H82N6O7/c1-3-39-23-17-18-27-44(59-39)34-37-25-29-46(56)41(45(28-20-22-36(2)58-45)50-43(49-44)52(37)46)42(55)57-33-19-15-13-11-9-7-5-4-6-8-10-12-14-16-24-40(54)51(32-21-30-47)35-38(53)26-31-48/h17,23,36-39,41,53,56H,3-16,18-22,24-35,47-48H2,1-2H3,(H,49,50)/t36-,37+,38?,39+,41-,44+,45-,46+/m0/s1. The highest BCUT2D eigenvalue weighted by molar-refractivity contribution is 5.87. The van der Waals surface area contributed by atoms with Crippen molar-refractivity contribution in [1.29, 1.82) is 0 Å². The smallest absolute Gasteiger partial charge is 0.318 e. The molecule has 1 unspecified atom stereocenters. The number of aliphatic hydroxyl groups excluding tert-OH is 1. The van der Waals surface area contributed by atoms with E-state index in [1.807, 2.05) is 11.8 Å². The second-order valence-electron chi connectivity index (χ2n) is 18.4. The number of carbonyl (C=O) groups is 2. The fourth-order valence-corrected chi connectivity index (χ4v) is 10.4. The molecule has 338 valence electrons. The van der Waals surface area contributed by atoms with E-state index in [2.05, 4.69) is 24.4 Å². The van der Waals surface area contributed by atoms with Gasteiger partial charge in [0.15, 0.2) is 17.4 Å². The first-order valence-electron chi connectivity index (χ1n) is 24.0. The summed E-state index contributed by atoms with van der Waals surface area (Å²) in [4.78, 5) is 35.8. The van der Waals surface area contributed by atoms with Gasteiger partial charge in [-0.2, -0.15) is 0 Å². The van der Waals surface area contributed by atoms with Gasteiger partial charge in [0, 0.05) is 32.0 Å². The van der Waals surface area contributed by atoms with Crippen LogP contribution in [-0.2, 0) is 23.8 Å². The lowest BCUT2D eigenvalue weighted by Crippen LogP contribution is -2.75. The number of carbonyl (C=O) groups excluding carboxylic acids is 2. The van der Waals surface area contributed by atoms with E-state index in [0.29, 0.717) is 64.4 Å². The molecule has 5 heterocycles. The average molecular weight is 831 g/mol. The minimum Gasteiger partial charge on any atom is -0.465 e. The molecule has 5 rings (SSSR count). The van der Waals surface area contributed by atoms with Crippen LogP contribution in [0.1, 0.15) is 181 Å². The summed E-state index contributed by atoms with van der Waals surface area (Å²) in [6, 6.07) is 0.0167. The number of aliphatic hydroxyl groups is 2. The van der Waals surface area contributed by atoms with E-state index in [1.54, 1.807) is 4.90 Å². The number of nitrogens with two attached hydrogens (primary N) is 2. The third-order valence-corrected chi connectivity index (χ3v) is 13.5. The highest BCUT2D eigenvalue weighted by Crippen LogP contribution is 2.54. The summed E-state index contributed by atoms with van der Waals surface area (Å²) in [7, 11) is 0. The molecule has 0 radical (unpaired) electrons. The molecule has 0 aromatic heterocycles. The molecule has 3 fully saturated rings. The molecule has 0 bridgehead atoms. The average Bonchev–Trinajstić information content (AvgIpc) is 3.41. The number of unbranched alkanes of at least 4 members (excludes halogenated alkanes) is 13. The van der Waals surface area contributed by atoms with Crippen molar-refractivity contribution in [3.8, 4) is 0 Å². The molecule has 0 aliphatic carbocycles. The molecule has 13 nitrogen and oxygen atoms in total. The van der Waals surface area contributed by atoms with Crippen LogP contribution in [0.15, 0.2) is 17.1 Å². The van der Waals surface area contributed by atoms with Crippen molar-refractivity contribution in [2.75, 3.05) is 32.8 Å². The lowest BCUT2D eigenvalue weighted by Gasteiger charge is -2.58.